The molecule has 0 aromatic heterocycles. The Kier molecular flexibility index (Phi) is 47.5. The lowest BCUT2D eigenvalue weighted by atomic mass is 10.1. The number of esters is 3. The summed E-state index contributed by atoms with van der Waals surface area (Å²) < 4.78 is 16.7. The van der Waals surface area contributed by atoms with Crippen LogP contribution in [0, 0.1) is 0 Å². The molecular weight excluding hydrogens is 769 g/mol. The van der Waals surface area contributed by atoms with Crippen LogP contribution >= 0.6 is 0 Å². The molecule has 0 fully saturated rings. The van der Waals surface area contributed by atoms with E-state index in [1.165, 1.54) is 83.5 Å². The predicted molar refractivity (Wildman–Crippen MR) is 265 cm³/mol. The van der Waals surface area contributed by atoms with E-state index in [-0.39, 0.29) is 31.1 Å². The van der Waals surface area contributed by atoms with Crippen LogP contribution in [0.4, 0.5) is 0 Å². The van der Waals surface area contributed by atoms with Crippen molar-refractivity contribution in [2.75, 3.05) is 13.2 Å². The molecule has 354 valence electrons. The maximum atomic E-state index is 12.8. The number of carbonyl (C=O) groups excluding carboxylic acids is 3. The van der Waals surface area contributed by atoms with E-state index in [1.807, 2.05) is 0 Å². The van der Waals surface area contributed by atoms with Crippen LogP contribution in [0.5, 0.6) is 0 Å². The fourth-order valence-corrected chi connectivity index (χ4v) is 6.79. The lowest BCUT2D eigenvalue weighted by Crippen LogP contribution is -2.30. The third kappa shape index (κ3) is 47.6. The van der Waals surface area contributed by atoms with Gasteiger partial charge in [0.2, 0.25) is 0 Å². The van der Waals surface area contributed by atoms with Crippen molar-refractivity contribution >= 4 is 17.9 Å². The summed E-state index contributed by atoms with van der Waals surface area (Å²) in [6.07, 6.45) is 64.4. The monoisotopic (exact) mass is 863 g/mol. The van der Waals surface area contributed by atoms with Crippen molar-refractivity contribution in [3.05, 3.63) is 85.1 Å². The third-order valence-corrected chi connectivity index (χ3v) is 10.6. The first-order chi connectivity index (χ1) is 30.5. The molecule has 0 aliphatic rings. The summed E-state index contributed by atoms with van der Waals surface area (Å²) in [5.74, 6) is -0.940. The fraction of sp³-hybridized carbons (Fsp3) is 0.696. The zero-order valence-electron chi connectivity index (χ0n) is 40.4. The van der Waals surface area contributed by atoms with Crippen LogP contribution in [0.25, 0.3) is 0 Å². The van der Waals surface area contributed by atoms with Crippen LogP contribution in [0.1, 0.15) is 233 Å². The van der Waals surface area contributed by atoms with Crippen molar-refractivity contribution in [2.24, 2.45) is 0 Å². The fourth-order valence-electron chi connectivity index (χ4n) is 6.79. The number of unbranched alkanes of at least 4 members (excludes halogenated alkanes) is 20. The van der Waals surface area contributed by atoms with Crippen LogP contribution in [-0.4, -0.2) is 37.2 Å². The van der Waals surface area contributed by atoms with Gasteiger partial charge in [-0.1, -0.05) is 202 Å². The summed E-state index contributed by atoms with van der Waals surface area (Å²) in [6, 6.07) is 0. The lowest BCUT2D eigenvalue weighted by molar-refractivity contribution is -0.167. The summed E-state index contributed by atoms with van der Waals surface area (Å²) in [7, 11) is 0. The first kappa shape index (κ1) is 58.6. The molecule has 0 aromatic carbocycles. The number of allylic oxidation sites excluding steroid dienone is 14. The number of rotatable bonds is 45. The van der Waals surface area contributed by atoms with Crippen LogP contribution in [0.2, 0.25) is 0 Å². The highest BCUT2D eigenvalue weighted by Crippen LogP contribution is 2.13. The molecule has 0 rings (SSSR count). The Bertz CT molecular complexity index is 1220. The van der Waals surface area contributed by atoms with Crippen molar-refractivity contribution in [1.82, 2.24) is 0 Å². The van der Waals surface area contributed by atoms with Crippen molar-refractivity contribution in [3.63, 3.8) is 0 Å². The van der Waals surface area contributed by atoms with Crippen molar-refractivity contribution in [3.8, 4) is 0 Å². The molecule has 62 heavy (non-hydrogen) atoms. The van der Waals surface area contributed by atoms with Crippen LogP contribution in [-0.2, 0) is 28.6 Å². The first-order valence-corrected chi connectivity index (χ1v) is 25.6. The van der Waals surface area contributed by atoms with E-state index in [0.717, 1.165) is 109 Å². The van der Waals surface area contributed by atoms with E-state index in [2.05, 4.69) is 106 Å². The Hall–Kier alpha value is -3.41. The van der Waals surface area contributed by atoms with E-state index in [4.69, 9.17) is 14.2 Å². The van der Waals surface area contributed by atoms with Crippen molar-refractivity contribution in [2.45, 2.75) is 239 Å². The van der Waals surface area contributed by atoms with E-state index in [0.29, 0.717) is 19.3 Å². The Morgan fingerprint density at radius 2 is 0.629 bits per heavy atom. The van der Waals surface area contributed by atoms with Gasteiger partial charge in [0.15, 0.2) is 6.10 Å². The summed E-state index contributed by atoms with van der Waals surface area (Å²) in [6.45, 7) is 6.42. The van der Waals surface area contributed by atoms with Gasteiger partial charge in [-0.25, -0.2) is 0 Å². The second-order valence-electron chi connectivity index (χ2n) is 16.7. The van der Waals surface area contributed by atoms with E-state index in [9.17, 15) is 14.4 Å². The molecule has 6 heteroatoms. The number of hydrogen-bond acceptors (Lipinski definition) is 6. The highest BCUT2D eigenvalue weighted by molar-refractivity contribution is 5.71. The third-order valence-electron chi connectivity index (χ3n) is 10.6. The standard InChI is InChI=1S/C56H94O6/c1-4-7-10-13-16-18-20-22-24-26-28-30-31-33-35-37-40-43-46-49-55(58)61-52-53(51-60-54(57)48-45-42-39-15-12-9-6-3)62-56(59)50-47-44-41-38-36-34-32-29-27-25-23-21-19-17-14-11-8-5-2/h7,10,16,18-19,21-22,24-25,27-28,30,33,35,53H,4-6,8-9,11-15,17,20,23,26,29,31-32,34,36-52H2,1-3H3/b10-7-,18-16-,21-19-,24-22-,27-25-,30-28-,35-33-. The van der Waals surface area contributed by atoms with Crippen LogP contribution < -0.4 is 0 Å². The van der Waals surface area contributed by atoms with Gasteiger partial charge >= 0.3 is 17.9 Å². The van der Waals surface area contributed by atoms with Gasteiger partial charge < -0.3 is 14.2 Å². The number of carbonyl (C=O) groups is 3. The Morgan fingerprint density at radius 1 is 0.339 bits per heavy atom. The lowest BCUT2D eigenvalue weighted by Gasteiger charge is -2.18. The van der Waals surface area contributed by atoms with Crippen LogP contribution in [0.15, 0.2) is 85.1 Å². The normalized spacial score (nSPS) is 12.8. The van der Waals surface area contributed by atoms with Gasteiger partial charge in [0, 0.05) is 19.3 Å². The SMILES string of the molecule is CC/C=C\C/C=C\C/C=C\C/C=C\C/C=C\CCCCCC(=O)OCC(COC(=O)CCCCCCCCC)OC(=O)CCCCCCCCC/C=C\C/C=C\CCCCCC. The minimum Gasteiger partial charge on any atom is -0.462 e. The highest BCUT2D eigenvalue weighted by Gasteiger charge is 2.19. The Morgan fingerprint density at radius 3 is 1.02 bits per heavy atom. The Labute approximate surface area is 382 Å². The van der Waals surface area contributed by atoms with Crippen LogP contribution in [0.3, 0.4) is 0 Å². The zero-order valence-corrected chi connectivity index (χ0v) is 40.4. The molecule has 0 aliphatic carbocycles. The molecular formula is C56H94O6. The maximum absolute atomic E-state index is 12.8. The molecule has 0 saturated carbocycles. The molecule has 0 saturated heterocycles. The maximum Gasteiger partial charge on any atom is 0.306 e. The van der Waals surface area contributed by atoms with Gasteiger partial charge in [0.1, 0.15) is 13.2 Å². The molecule has 0 radical (unpaired) electrons. The summed E-state index contributed by atoms with van der Waals surface area (Å²) in [5.41, 5.74) is 0. The first-order valence-electron chi connectivity index (χ1n) is 25.6. The van der Waals surface area contributed by atoms with Crippen molar-refractivity contribution < 1.29 is 28.6 Å². The number of ether oxygens (including phenoxy) is 3. The highest BCUT2D eigenvalue weighted by atomic mass is 16.6. The second-order valence-corrected chi connectivity index (χ2v) is 16.7. The quantitative estimate of drug-likeness (QED) is 0.0263. The van der Waals surface area contributed by atoms with Gasteiger partial charge in [-0.3, -0.25) is 14.4 Å². The van der Waals surface area contributed by atoms with Gasteiger partial charge in [-0.2, -0.15) is 0 Å². The molecule has 0 heterocycles. The molecule has 0 aliphatic heterocycles. The molecule has 0 aromatic rings. The smallest absolute Gasteiger partial charge is 0.306 e. The van der Waals surface area contributed by atoms with Gasteiger partial charge in [-0.15, -0.1) is 0 Å². The molecule has 0 spiro atoms. The van der Waals surface area contributed by atoms with E-state index in [1.54, 1.807) is 0 Å². The molecule has 0 amide bonds. The average Bonchev–Trinajstić information content (AvgIpc) is 3.27. The van der Waals surface area contributed by atoms with E-state index < -0.39 is 6.10 Å². The topological polar surface area (TPSA) is 78.9 Å². The summed E-state index contributed by atoms with van der Waals surface area (Å²) in [5, 5.41) is 0. The van der Waals surface area contributed by atoms with E-state index >= 15 is 0 Å². The minimum absolute atomic E-state index is 0.0907. The molecule has 1 unspecified atom stereocenters. The molecule has 1 atom stereocenters. The van der Waals surface area contributed by atoms with Gasteiger partial charge in [-0.05, 0) is 96.3 Å². The van der Waals surface area contributed by atoms with Gasteiger partial charge in [0.25, 0.3) is 0 Å². The average molecular weight is 863 g/mol. The molecule has 6 nitrogen and oxygen atoms in total. The summed E-state index contributed by atoms with van der Waals surface area (Å²) in [4.78, 5) is 37.8. The Balaban J connectivity index is 4.35. The zero-order chi connectivity index (χ0) is 45.1. The minimum atomic E-state index is -0.791. The van der Waals surface area contributed by atoms with Gasteiger partial charge in [0.05, 0.1) is 0 Å². The molecule has 0 N–H and O–H groups in total. The summed E-state index contributed by atoms with van der Waals surface area (Å²) >= 11 is 0. The predicted octanol–water partition coefficient (Wildman–Crippen LogP) is 16.8. The second kappa shape index (κ2) is 50.2. The largest absolute Gasteiger partial charge is 0.462 e. The van der Waals surface area contributed by atoms with Crippen molar-refractivity contribution in [1.29, 1.82) is 0 Å². The molecule has 0 bridgehead atoms. The number of hydrogen-bond donors (Lipinski definition) is 0.